The Labute approximate surface area is 252 Å². The van der Waals surface area contributed by atoms with Gasteiger partial charge in [0.05, 0.1) is 11.4 Å². The third-order valence-corrected chi connectivity index (χ3v) is 8.75. The normalized spacial score (nSPS) is 21.6. The van der Waals surface area contributed by atoms with E-state index in [1.807, 2.05) is 11.0 Å². The van der Waals surface area contributed by atoms with E-state index in [2.05, 4.69) is 31.6 Å². The Morgan fingerprint density at radius 3 is 2.26 bits per heavy atom. The van der Waals surface area contributed by atoms with Crippen LogP contribution in [0.3, 0.4) is 0 Å². The van der Waals surface area contributed by atoms with Crippen molar-refractivity contribution in [3.63, 3.8) is 0 Å². The monoisotopic (exact) mass is 631 g/mol. The number of hydrogen-bond donors (Lipinski definition) is 2. The second-order valence-electron chi connectivity index (χ2n) is 11.1. The summed E-state index contributed by atoms with van der Waals surface area (Å²) in [6.45, 7) is 1.17. The molecule has 7 rings (SSSR count). The van der Waals surface area contributed by atoms with Crippen LogP contribution in [-0.2, 0) is 9.59 Å². The summed E-state index contributed by atoms with van der Waals surface area (Å²) in [6.07, 6.45) is 3.09. The number of hydrogen-bond acceptors (Lipinski definition) is 4. The number of benzene rings is 3. The van der Waals surface area contributed by atoms with Crippen molar-refractivity contribution in [1.29, 1.82) is 0 Å². The maximum atomic E-state index is 15.1. The molecule has 0 spiro atoms. The number of benzodiazepines with no additional fused rings is 1. The van der Waals surface area contributed by atoms with Crippen LogP contribution < -0.4 is 15.5 Å². The number of anilines is 2. The van der Waals surface area contributed by atoms with Crippen molar-refractivity contribution >= 4 is 50.9 Å². The van der Waals surface area contributed by atoms with Crippen LogP contribution in [0.2, 0.25) is 0 Å². The molecule has 3 heterocycles. The molecule has 4 amide bonds. The van der Waals surface area contributed by atoms with Crippen molar-refractivity contribution in [2.75, 3.05) is 29.9 Å². The van der Waals surface area contributed by atoms with E-state index in [1.165, 1.54) is 11.0 Å². The van der Waals surface area contributed by atoms with Gasteiger partial charge in [0.15, 0.2) is 0 Å². The Kier molecular flexibility index (Phi) is 8.06. The molecule has 2 N–H and O–H groups in total. The number of halogens is 2. The molecule has 3 aliphatic heterocycles. The summed E-state index contributed by atoms with van der Waals surface area (Å²) in [5.74, 6) is -0.285. The summed E-state index contributed by atoms with van der Waals surface area (Å²) < 4.78 is 15.9. The summed E-state index contributed by atoms with van der Waals surface area (Å²) >= 11 is 3.38. The van der Waals surface area contributed by atoms with E-state index in [-0.39, 0.29) is 23.7 Å². The molecule has 42 heavy (non-hydrogen) atoms. The second-order valence-corrected chi connectivity index (χ2v) is 12.0. The molecule has 8 nitrogen and oxygen atoms in total. The fourth-order valence-electron chi connectivity index (χ4n) is 6.15. The minimum absolute atomic E-state index is 0.149. The van der Waals surface area contributed by atoms with Crippen molar-refractivity contribution in [3.8, 4) is 0 Å². The quantitative estimate of drug-likeness (QED) is 0.386. The summed E-state index contributed by atoms with van der Waals surface area (Å²) in [6, 6.07) is 19.6. The maximum absolute atomic E-state index is 15.1. The zero-order valence-corrected chi connectivity index (χ0v) is 24.5. The van der Waals surface area contributed by atoms with Gasteiger partial charge in [-0.25, -0.2) is 14.2 Å². The van der Waals surface area contributed by atoms with Gasteiger partial charge in [-0.05, 0) is 73.9 Å². The molecule has 10 heteroatoms. The van der Waals surface area contributed by atoms with Gasteiger partial charge in [-0.1, -0.05) is 52.3 Å². The number of fused-ring (bicyclic) bond motifs is 5. The highest BCUT2D eigenvalue weighted by atomic mass is 79.9. The molecule has 0 radical (unpaired) electrons. The van der Waals surface area contributed by atoms with E-state index in [4.69, 9.17) is 0 Å². The molecule has 0 unspecified atom stereocenters. The summed E-state index contributed by atoms with van der Waals surface area (Å²) in [5, 5.41) is 5.38. The maximum Gasteiger partial charge on any atom is 0.321 e. The zero-order chi connectivity index (χ0) is 29.2. The van der Waals surface area contributed by atoms with E-state index in [1.54, 1.807) is 60.7 Å². The SMILES string of the molecule is O=C(Nc1cccc(Br)c1)N[C@@H]1N=C(c2ccccc2F)c2ccccc2N(CC(=O)N2CC3CCC(CC3)C2)C1=O. The Morgan fingerprint density at radius 2 is 1.57 bits per heavy atom. The third kappa shape index (κ3) is 5.94. The van der Waals surface area contributed by atoms with Gasteiger partial charge in [-0.2, -0.15) is 0 Å². The fraction of sp³-hybridized carbons (Fsp3) is 0.312. The average molecular weight is 633 g/mol. The number of nitrogens with one attached hydrogen (secondary N) is 2. The molecule has 4 aliphatic rings. The molecular weight excluding hydrogens is 601 g/mol. The van der Waals surface area contributed by atoms with Gasteiger partial charge < -0.3 is 15.5 Å². The first-order valence-corrected chi connectivity index (χ1v) is 15.0. The standard InChI is InChI=1S/C32H31BrFN5O3/c33-22-6-5-7-23(16-22)35-32(42)37-30-31(41)39(19-28(40)38-17-20-12-13-21(18-38)15-14-20)27-11-4-2-9-25(27)29(36-30)24-8-1-3-10-26(24)34/h1-11,16,20-21,30H,12-15,17-19H2,(H2,35,37,42)/t20?,21?,30-/m0/s1. The molecule has 3 fully saturated rings. The number of aliphatic imine (C=N–C) groups is 1. The van der Waals surface area contributed by atoms with Gasteiger partial charge in [0.25, 0.3) is 5.91 Å². The molecular formula is C32H31BrFN5O3. The smallest absolute Gasteiger partial charge is 0.321 e. The first-order chi connectivity index (χ1) is 20.4. The summed E-state index contributed by atoms with van der Waals surface area (Å²) in [4.78, 5) is 48.9. The van der Waals surface area contributed by atoms with E-state index >= 15 is 4.39 Å². The van der Waals surface area contributed by atoms with Crippen molar-refractivity contribution in [3.05, 3.63) is 94.2 Å². The van der Waals surface area contributed by atoms with Crippen LogP contribution in [0.5, 0.6) is 0 Å². The molecule has 2 saturated heterocycles. The molecule has 3 aromatic rings. The number of amides is 4. The number of para-hydroxylation sites is 1. The highest BCUT2D eigenvalue weighted by Crippen LogP contribution is 2.34. The van der Waals surface area contributed by atoms with Crippen molar-refractivity contribution in [1.82, 2.24) is 10.2 Å². The van der Waals surface area contributed by atoms with Gasteiger partial charge in [-0.15, -0.1) is 0 Å². The lowest BCUT2D eigenvalue weighted by Crippen LogP contribution is -2.51. The van der Waals surface area contributed by atoms with Gasteiger partial charge in [0, 0.05) is 34.4 Å². The van der Waals surface area contributed by atoms with Crippen molar-refractivity contribution in [2.45, 2.75) is 31.8 Å². The Hall–Kier alpha value is -4.05. The lowest BCUT2D eigenvalue weighted by atomic mass is 9.84. The van der Waals surface area contributed by atoms with Gasteiger partial charge in [0.2, 0.25) is 12.1 Å². The number of nitrogens with zero attached hydrogens (tertiary/aromatic N) is 3. The van der Waals surface area contributed by atoms with Gasteiger partial charge in [-0.3, -0.25) is 14.5 Å². The molecule has 216 valence electrons. The Bertz CT molecular complexity index is 1540. The predicted molar refractivity (Wildman–Crippen MR) is 163 cm³/mol. The summed E-state index contributed by atoms with van der Waals surface area (Å²) in [7, 11) is 0. The van der Waals surface area contributed by atoms with Crippen LogP contribution in [0.4, 0.5) is 20.6 Å². The Balaban J connectivity index is 1.35. The van der Waals surface area contributed by atoms with Crippen LogP contribution >= 0.6 is 15.9 Å². The Morgan fingerprint density at radius 1 is 0.905 bits per heavy atom. The van der Waals surface area contributed by atoms with E-state index in [0.29, 0.717) is 41.9 Å². The largest absolute Gasteiger partial charge is 0.341 e. The molecule has 0 aromatic heterocycles. The third-order valence-electron chi connectivity index (χ3n) is 8.26. The van der Waals surface area contributed by atoms with Crippen LogP contribution in [0, 0.1) is 17.7 Å². The molecule has 2 bridgehead atoms. The van der Waals surface area contributed by atoms with Crippen LogP contribution in [0.25, 0.3) is 0 Å². The number of rotatable bonds is 5. The molecule has 3 aromatic carbocycles. The molecule has 1 saturated carbocycles. The van der Waals surface area contributed by atoms with Crippen molar-refractivity contribution < 1.29 is 18.8 Å². The highest BCUT2D eigenvalue weighted by Gasteiger charge is 2.37. The zero-order valence-electron chi connectivity index (χ0n) is 22.9. The van der Waals surface area contributed by atoms with Crippen LogP contribution in [0.15, 0.2) is 82.3 Å². The lowest BCUT2D eigenvalue weighted by molar-refractivity contribution is -0.132. The second kappa shape index (κ2) is 12.1. The lowest BCUT2D eigenvalue weighted by Gasteiger charge is -2.29. The van der Waals surface area contributed by atoms with Crippen molar-refractivity contribution in [2.24, 2.45) is 16.8 Å². The van der Waals surface area contributed by atoms with Crippen LogP contribution in [-0.4, -0.2) is 54.3 Å². The average Bonchev–Trinajstić information content (AvgIpc) is 3.37. The number of urea groups is 1. The minimum Gasteiger partial charge on any atom is -0.341 e. The first kappa shape index (κ1) is 28.1. The van der Waals surface area contributed by atoms with Gasteiger partial charge in [0.1, 0.15) is 12.4 Å². The summed E-state index contributed by atoms with van der Waals surface area (Å²) in [5.41, 5.74) is 1.85. The van der Waals surface area contributed by atoms with Crippen LogP contribution in [0.1, 0.15) is 36.8 Å². The topological polar surface area (TPSA) is 94.1 Å². The fourth-order valence-corrected chi connectivity index (χ4v) is 6.54. The minimum atomic E-state index is -1.41. The molecule has 1 atom stereocenters. The van der Waals surface area contributed by atoms with E-state index in [9.17, 15) is 14.4 Å². The number of carbonyl (C=O) groups is 3. The van der Waals surface area contributed by atoms with E-state index < -0.39 is 23.9 Å². The van der Waals surface area contributed by atoms with E-state index in [0.717, 1.165) is 30.2 Å². The highest BCUT2D eigenvalue weighted by molar-refractivity contribution is 9.10. The van der Waals surface area contributed by atoms with Gasteiger partial charge >= 0.3 is 6.03 Å². The number of carbonyl (C=O) groups excluding carboxylic acids is 3. The molecule has 1 aliphatic carbocycles. The first-order valence-electron chi connectivity index (χ1n) is 14.2. The predicted octanol–water partition coefficient (Wildman–Crippen LogP) is 5.57.